The Labute approximate surface area is 320 Å². The summed E-state index contributed by atoms with van der Waals surface area (Å²) in [6.45, 7) is 6.21. The molecule has 6 heterocycles. The van der Waals surface area contributed by atoms with Crippen LogP contribution in [-0.4, -0.2) is 88.8 Å². The lowest BCUT2D eigenvalue weighted by Gasteiger charge is -2.35. The summed E-state index contributed by atoms with van der Waals surface area (Å²) < 4.78 is 46.8. The number of nitrogens with zero attached hydrogens (tertiary/aromatic N) is 8. The number of imidazole rings is 1. The van der Waals surface area contributed by atoms with Crippen LogP contribution in [0.3, 0.4) is 0 Å². The number of nitrogens with one attached hydrogen (secondary N) is 1. The minimum Gasteiger partial charge on any atom is -0.494 e. The SMILES string of the molecule is COc1cc(C(=O)N2C[C@H](F)C[C@@H](NC(=O)OC(C)(C)C)C2)cc2nc(-c3cc4cccnc4n3CC3CC3)n(Cc3cnn(-c4ncc(Cl)cc4F)c3)c12. The minimum absolute atomic E-state index is 0.000467. The van der Waals surface area contributed by atoms with Gasteiger partial charge >= 0.3 is 6.09 Å². The molecule has 2 fully saturated rings. The molecule has 2 aliphatic rings. The lowest BCUT2D eigenvalue weighted by atomic mass is 10.0. The van der Waals surface area contributed by atoms with Crippen molar-refractivity contribution in [3.05, 3.63) is 83.2 Å². The van der Waals surface area contributed by atoms with Gasteiger partial charge in [-0.05, 0) is 75.9 Å². The molecule has 55 heavy (non-hydrogen) atoms. The van der Waals surface area contributed by atoms with Crippen molar-refractivity contribution in [3.63, 3.8) is 0 Å². The van der Waals surface area contributed by atoms with Gasteiger partial charge in [-0.15, -0.1) is 0 Å². The fourth-order valence-corrected chi connectivity index (χ4v) is 7.30. The molecule has 8 rings (SSSR count). The average molecular weight is 772 g/mol. The Kier molecular flexibility index (Phi) is 9.43. The standard InChI is InChI=1S/C39H40ClF2N9O4/c1-39(2,3)55-38(53)46-28-14-27(41)20-48(21-28)37(52)25-10-30-33(32(12-25)54-4)50(18-23-15-45-51(19-23)35-29(42)13-26(40)16-44-35)36(47-30)31-11-24-6-5-9-43-34(24)49(31)17-22-7-8-22/h5-6,9-13,15-16,19,22,27-28H,7-8,14,17-18,20-21H2,1-4H3,(H,46,53)/t27-,28-/m1/s1. The number of hydrogen-bond acceptors (Lipinski definition) is 8. The highest BCUT2D eigenvalue weighted by Gasteiger charge is 2.34. The Morgan fingerprint density at radius 1 is 1.07 bits per heavy atom. The minimum atomic E-state index is -1.35. The van der Waals surface area contributed by atoms with Crippen LogP contribution >= 0.6 is 11.6 Å². The van der Waals surface area contributed by atoms with Crippen LogP contribution in [0.2, 0.25) is 5.02 Å². The van der Waals surface area contributed by atoms with E-state index in [1.807, 2.05) is 16.7 Å². The highest BCUT2D eigenvalue weighted by molar-refractivity contribution is 6.30. The number of likely N-dealkylation sites (tertiary alicyclic amines) is 1. The van der Waals surface area contributed by atoms with Crippen LogP contribution in [0.15, 0.2) is 61.2 Å². The Morgan fingerprint density at radius 3 is 2.64 bits per heavy atom. The number of rotatable bonds is 9. The fraction of sp³-hybridized carbons (Fsp3) is 0.385. The van der Waals surface area contributed by atoms with E-state index < -0.39 is 35.6 Å². The number of ether oxygens (including phenoxy) is 2. The van der Waals surface area contributed by atoms with Crippen LogP contribution in [0.4, 0.5) is 13.6 Å². The van der Waals surface area contributed by atoms with Crippen molar-refractivity contribution < 1.29 is 27.8 Å². The number of carbonyl (C=O) groups excluding carboxylic acids is 2. The van der Waals surface area contributed by atoms with Crippen molar-refractivity contribution in [2.75, 3.05) is 20.2 Å². The number of alkyl halides is 1. The number of alkyl carbamates (subject to hydrolysis) is 1. The molecule has 2 amide bonds. The number of aromatic nitrogens is 7. The molecule has 2 atom stereocenters. The molecule has 1 aliphatic heterocycles. The molecule has 13 nitrogen and oxygen atoms in total. The zero-order valence-electron chi connectivity index (χ0n) is 30.8. The van der Waals surface area contributed by atoms with Gasteiger partial charge in [0.25, 0.3) is 5.91 Å². The molecular formula is C39H40ClF2N9O4. The van der Waals surface area contributed by atoms with E-state index in [2.05, 4.69) is 26.0 Å². The summed E-state index contributed by atoms with van der Waals surface area (Å²) in [6.07, 6.45) is 6.72. The van der Waals surface area contributed by atoms with Gasteiger partial charge in [-0.2, -0.15) is 5.10 Å². The summed E-state index contributed by atoms with van der Waals surface area (Å²) in [6, 6.07) is 9.82. The highest BCUT2D eigenvalue weighted by Crippen LogP contribution is 2.38. The van der Waals surface area contributed by atoms with E-state index in [4.69, 9.17) is 31.0 Å². The van der Waals surface area contributed by atoms with Gasteiger partial charge in [-0.3, -0.25) is 4.79 Å². The lowest BCUT2D eigenvalue weighted by molar-refractivity contribution is 0.0394. The lowest BCUT2D eigenvalue weighted by Crippen LogP contribution is -2.54. The molecular weight excluding hydrogens is 732 g/mol. The van der Waals surface area contributed by atoms with Crippen LogP contribution in [0.25, 0.3) is 39.4 Å². The number of piperidine rings is 1. The third kappa shape index (κ3) is 7.57. The summed E-state index contributed by atoms with van der Waals surface area (Å²) in [5, 5.41) is 8.24. The summed E-state index contributed by atoms with van der Waals surface area (Å²) >= 11 is 5.95. The topological polar surface area (TPSA) is 134 Å². The molecule has 1 saturated carbocycles. The number of carbonyl (C=O) groups is 2. The summed E-state index contributed by atoms with van der Waals surface area (Å²) in [4.78, 5) is 42.0. The molecule has 0 unspecified atom stereocenters. The van der Waals surface area contributed by atoms with Gasteiger partial charge in [0.2, 0.25) is 0 Å². The summed E-state index contributed by atoms with van der Waals surface area (Å²) in [7, 11) is 1.51. The van der Waals surface area contributed by atoms with Gasteiger partial charge in [-0.25, -0.2) is 33.2 Å². The van der Waals surface area contributed by atoms with E-state index in [-0.39, 0.29) is 42.5 Å². The molecule has 0 bridgehead atoms. The second kappa shape index (κ2) is 14.3. The quantitative estimate of drug-likeness (QED) is 0.167. The van der Waals surface area contributed by atoms with Crippen molar-refractivity contribution in [2.45, 2.75) is 70.9 Å². The zero-order chi connectivity index (χ0) is 38.6. The van der Waals surface area contributed by atoms with Crippen molar-refractivity contribution in [3.8, 4) is 23.1 Å². The molecule has 1 N–H and O–H groups in total. The maximum absolute atomic E-state index is 15.1. The molecule has 16 heteroatoms. The number of methoxy groups -OCH3 is 1. The van der Waals surface area contributed by atoms with E-state index in [0.717, 1.165) is 36.1 Å². The largest absolute Gasteiger partial charge is 0.494 e. The molecule has 5 aromatic heterocycles. The number of benzene rings is 1. The van der Waals surface area contributed by atoms with Crippen molar-refractivity contribution in [1.29, 1.82) is 0 Å². The van der Waals surface area contributed by atoms with Crippen LogP contribution in [0.1, 0.15) is 56.0 Å². The number of fused-ring (bicyclic) bond motifs is 2. The Hall–Kier alpha value is -5.57. The van der Waals surface area contributed by atoms with Gasteiger partial charge in [0.15, 0.2) is 17.5 Å². The van der Waals surface area contributed by atoms with Gasteiger partial charge in [0.1, 0.15) is 28.7 Å². The Balaban J connectivity index is 1.20. The molecule has 1 aliphatic carbocycles. The number of pyridine rings is 2. The predicted molar refractivity (Wildman–Crippen MR) is 202 cm³/mol. The first-order valence-electron chi connectivity index (χ1n) is 18.1. The van der Waals surface area contributed by atoms with Crippen molar-refractivity contribution in [1.82, 2.24) is 44.1 Å². The van der Waals surface area contributed by atoms with Crippen LogP contribution in [0.5, 0.6) is 5.75 Å². The summed E-state index contributed by atoms with van der Waals surface area (Å²) in [5.41, 5.74) is 2.99. The first-order chi connectivity index (χ1) is 26.3. The normalized spacial score (nSPS) is 17.5. The predicted octanol–water partition coefficient (Wildman–Crippen LogP) is 6.97. The molecule has 286 valence electrons. The number of halogens is 3. The highest BCUT2D eigenvalue weighted by atomic mass is 35.5. The van der Waals surface area contributed by atoms with E-state index >= 15 is 4.39 Å². The van der Waals surface area contributed by atoms with Gasteiger partial charge in [0.05, 0.1) is 48.7 Å². The Morgan fingerprint density at radius 2 is 1.89 bits per heavy atom. The zero-order valence-corrected chi connectivity index (χ0v) is 31.6. The first-order valence-corrected chi connectivity index (χ1v) is 18.5. The fourth-order valence-electron chi connectivity index (χ4n) is 7.15. The van der Waals surface area contributed by atoms with Crippen LogP contribution < -0.4 is 10.1 Å². The molecule has 1 aromatic carbocycles. The molecule has 0 spiro atoms. The molecule has 1 saturated heterocycles. The van der Waals surface area contributed by atoms with Crippen molar-refractivity contribution >= 4 is 45.7 Å². The third-order valence-electron chi connectivity index (χ3n) is 9.69. The second-order valence-electron chi connectivity index (χ2n) is 15.2. The number of amides is 2. The number of hydrogen-bond donors (Lipinski definition) is 1. The monoisotopic (exact) mass is 771 g/mol. The maximum Gasteiger partial charge on any atom is 0.407 e. The molecule has 6 aromatic rings. The van der Waals surface area contributed by atoms with E-state index in [1.54, 1.807) is 51.5 Å². The third-order valence-corrected chi connectivity index (χ3v) is 9.89. The summed E-state index contributed by atoms with van der Waals surface area (Å²) in [5.74, 6) is 0.443. The smallest absolute Gasteiger partial charge is 0.407 e. The van der Waals surface area contributed by atoms with Crippen LogP contribution in [0, 0.1) is 11.7 Å². The van der Waals surface area contributed by atoms with E-state index in [9.17, 15) is 14.0 Å². The van der Waals surface area contributed by atoms with Gasteiger partial charge in [0, 0.05) is 54.6 Å². The first kappa shape index (κ1) is 36.4. The Bertz CT molecular complexity index is 2430. The van der Waals surface area contributed by atoms with Crippen molar-refractivity contribution in [2.24, 2.45) is 5.92 Å². The maximum atomic E-state index is 15.1. The van der Waals surface area contributed by atoms with E-state index in [1.165, 1.54) is 29.0 Å². The van der Waals surface area contributed by atoms with Gasteiger partial charge < -0.3 is 28.8 Å². The van der Waals surface area contributed by atoms with E-state index in [0.29, 0.717) is 34.1 Å². The van der Waals surface area contributed by atoms with Crippen LogP contribution in [-0.2, 0) is 17.8 Å². The van der Waals surface area contributed by atoms with Gasteiger partial charge in [-0.1, -0.05) is 11.6 Å². The second-order valence-corrected chi connectivity index (χ2v) is 15.6. The average Bonchev–Trinajstić information content (AvgIpc) is 3.53. The molecule has 0 radical (unpaired) electrons.